The summed E-state index contributed by atoms with van der Waals surface area (Å²) in [4.78, 5) is 32.0. The molecule has 0 aliphatic rings. The Bertz CT molecular complexity index is 499. The van der Waals surface area contributed by atoms with Crippen LogP contribution in [0.15, 0.2) is 24.3 Å². The molecule has 1 aromatic rings. The van der Waals surface area contributed by atoms with Crippen LogP contribution in [0.25, 0.3) is 0 Å². The minimum absolute atomic E-state index is 0.0665. The monoisotopic (exact) mass is 282 g/mol. The number of carbonyl (C=O) groups is 2. The fourth-order valence-corrected chi connectivity index (χ4v) is 1.51. The van der Waals surface area contributed by atoms with Crippen molar-refractivity contribution in [1.29, 1.82) is 0 Å². The van der Waals surface area contributed by atoms with Crippen molar-refractivity contribution >= 4 is 17.6 Å². The lowest BCUT2D eigenvalue weighted by molar-refractivity contribution is -0.384. The predicted molar refractivity (Wildman–Crippen MR) is 68.2 cm³/mol. The first kappa shape index (κ1) is 15.6. The summed E-state index contributed by atoms with van der Waals surface area (Å²) in [6.07, 6.45) is 0.102. The first-order valence-corrected chi connectivity index (χ1v) is 5.70. The van der Waals surface area contributed by atoms with E-state index < -0.39 is 22.9 Å². The Labute approximate surface area is 114 Å². The molecule has 0 aliphatic carbocycles. The van der Waals surface area contributed by atoms with Crippen LogP contribution < -0.4 is 5.32 Å². The average Bonchev–Trinajstić information content (AvgIpc) is 2.43. The molecule has 1 aromatic carbocycles. The van der Waals surface area contributed by atoms with Gasteiger partial charge in [-0.05, 0) is 12.0 Å². The van der Waals surface area contributed by atoms with Crippen molar-refractivity contribution in [3.05, 3.63) is 39.9 Å². The van der Waals surface area contributed by atoms with Gasteiger partial charge in [0.1, 0.15) is 6.04 Å². The van der Waals surface area contributed by atoms with Crippen molar-refractivity contribution in [2.45, 2.75) is 12.5 Å². The molecule has 0 unspecified atom stereocenters. The van der Waals surface area contributed by atoms with Gasteiger partial charge in [-0.25, -0.2) is 0 Å². The molecule has 0 amide bonds. The number of carboxylic acid groups (broad SMARTS) is 1. The van der Waals surface area contributed by atoms with E-state index in [1.165, 1.54) is 31.4 Å². The Morgan fingerprint density at radius 2 is 2.00 bits per heavy atom. The molecule has 20 heavy (non-hydrogen) atoms. The fourth-order valence-electron chi connectivity index (χ4n) is 1.51. The maximum Gasteiger partial charge on any atom is 0.321 e. The van der Waals surface area contributed by atoms with Crippen molar-refractivity contribution in [3.8, 4) is 0 Å². The Hall–Kier alpha value is -2.48. The van der Waals surface area contributed by atoms with Gasteiger partial charge in [0.15, 0.2) is 0 Å². The van der Waals surface area contributed by atoms with Crippen molar-refractivity contribution in [2.75, 3.05) is 13.7 Å². The first-order chi connectivity index (χ1) is 9.43. The number of benzene rings is 1. The molecule has 0 aliphatic heterocycles. The van der Waals surface area contributed by atoms with E-state index in [2.05, 4.69) is 10.1 Å². The minimum atomic E-state index is -1.12. The molecule has 1 atom stereocenters. The maximum atomic E-state index is 11.1. The van der Waals surface area contributed by atoms with Crippen LogP contribution in [-0.4, -0.2) is 41.7 Å². The molecule has 0 saturated heterocycles. The molecule has 2 N–H and O–H groups in total. The standard InChI is InChI=1S/C12H14N2O6/c1-20-11(15)7-13-10(12(16)17)6-8-2-4-9(5-3-8)14(18)19/h2-5,10,13H,6-7H2,1H3,(H,16,17)/t10-/m0/s1. The second-order valence-electron chi connectivity index (χ2n) is 3.98. The van der Waals surface area contributed by atoms with E-state index in [0.717, 1.165) is 0 Å². The molecule has 108 valence electrons. The van der Waals surface area contributed by atoms with Gasteiger partial charge in [0.05, 0.1) is 18.6 Å². The highest BCUT2D eigenvalue weighted by Crippen LogP contribution is 2.13. The smallest absolute Gasteiger partial charge is 0.321 e. The minimum Gasteiger partial charge on any atom is -0.480 e. The Kier molecular flexibility index (Phi) is 5.60. The van der Waals surface area contributed by atoms with E-state index in [1.54, 1.807) is 0 Å². The summed E-state index contributed by atoms with van der Waals surface area (Å²) >= 11 is 0. The van der Waals surface area contributed by atoms with Crippen LogP contribution in [0.5, 0.6) is 0 Å². The summed E-state index contributed by atoms with van der Waals surface area (Å²) in [6.45, 7) is -0.222. The van der Waals surface area contributed by atoms with Crippen molar-refractivity contribution < 1.29 is 24.4 Å². The highest BCUT2D eigenvalue weighted by Gasteiger charge is 2.19. The molecule has 8 heteroatoms. The number of carboxylic acids is 1. The third-order valence-electron chi connectivity index (χ3n) is 2.61. The average molecular weight is 282 g/mol. The van der Waals surface area contributed by atoms with Gasteiger partial charge >= 0.3 is 11.9 Å². The molecule has 0 aromatic heterocycles. The van der Waals surface area contributed by atoms with E-state index >= 15 is 0 Å². The van der Waals surface area contributed by atoms with Crippen LogP contribution in [0.2, 0.25) is 0 Å². The number of carbonyl (C=O) groups excluding carboxylic acids is 1. The Morgan fingerprint density at radius 3 is 2.45 bits per heavy atom. The van der Waals surface area contributed by atoms with Crippen LogP contribution in [-0.2, 0) is 20.7 Å². The highest BCUT2D eigenvalue weighted by atomic mass is 16.6. The molecule has 0 heterocycles. The van der Waals surface area contributed by atoms with Crippen LogP contribution in [0.4, 0.5) is 5.69 Å². The summed E-state index contributed by atoms with van der Waals surface area (Å²) in [6, 6.07) is 4.58. The maximum absolute atomic E-state index is 11.1. The number of nitrogens with one attached hydrogen (secondary N) is 1. The third kappa shape index (κ3) is 4.65. The molecular weight excluding hydrogens is 268 g/mol. The highest BCUT2D eigenvalue weighted by molar-refractivity contribution is 5.76. The number of nitro groups is 1. The summed E-state index contributed by atoms with van der Waals surface area (Å²) < 4.78 is 4.40. The van der Waals surface area contributed by atoms with E-state index in [0.29, 0.717) is 5.56 Å². The number of rotatable bonds is 7. The van der Waals surface area contributed by atoms with Gasteiger partial charge in [-0.15, -0.1) is 0 Å². The lowest BCUT2D eigenvalue weighted by Gasteiger charge is -2.13. The number of hydrogen-bond donors (Lipinski definition) is 2. The van der Waals surface area contributed by atoms with E-state index in [4.69, 9.17) is 5.11 Å². The number of esters is 1. The molecule has 0 fully saturated rings. The largest absolute Gasteiger partial charge is 0.480 e. The number of aliphatic carboxylic acids is 1. The SMILES string of the molecule is COC(=O)CN[C@@H](Cc1ccc([N+](=O)[O-])cc1)C(=O)O. The molecule has 0 spiro atoms. The van der Waals surface area contributed by atoms with Gasteiger partial charge in [-0.3, -0.25) is 25.0 Å². The number of nitro benzene ring substituents is 1. The first-order valence-electron chi connectivity index (χ1n) is 5.70. The normalized spacial score (nSPS) is 11.7. The molecule has 1 rings (SSSR count). The van der Waals surface area contributed by atoms with E-state index in [-0.39, 0.29) is 18.7 Å². The molecule has 8 nitrogen and oxygen atoms in total. The number of ether oxygens (including phenoxy) is 1. The summed E-state index contributed by atoms with van der Waals surface area (Å²) in [7, 11) is 1.20. The van der Waals surface area contributed by atoms with Crippen LogP contribution >= 0.6 is 0 Å². The number of hydrogen-bond acceptors (Lipinski definition) is 6. The van der Waals surface area contributed by atoms with Crippen molar-refractivity contribution in [3.63, 3.8) is 0 Å². The number of nitrogens with zero attached hydrogens (tertiary/aromatic N) is 1. The fraction of sp³-hybridized carbons (Fsp3) is 0.333. The third-order valence-corrected chi connectivity index (χ3v) is 2.61. The zero-order valence-electron chi connectivity index (χ0n) is 10.7. The van der Waals surface area contributed by atoms with Gasteiger partial charge in [0.2, 0.25) is 0 Å². The summed E-state index contributed by atoms with van der Waals surface area (Å²) in [5.41, 5.74) is 0.545. The lowest BCUT2D eigenvalue weighted by atomic mass is 10.1. The van der Waals surface area contributed by atoms with Crippen LogP contribution in [0.1, 0.15) is 5.56 Å². The Morgan fingerprint density at radius 1 is 1.40 bits per heavy atom. The number of methoxy groups -OCH3 is 1. The Balaban J connectivity index is 2.67. The molecular formula is C12H14N2O6. The van der Waals surface area contributed by atoms with Crippen LogP contribution in [0.3, 0.4) is 0 Å². The van der Waals surface area contributed by atoms with Gasteiger partial charge in [-0.2, -0.15) is 0 Å². The summed E-state index contributed by atoms with van der Waals surface area (Å²) in [5.74, 6) is -1.69. The quantitative estimate of drug-likeness (QED) is 0.421. The van der Waals surface area contributed by atoms with E-state index in [1.807, 2.05) is 0 Å². The predicted octanol–water partition coefficient (Wildman–Crippen LogP) is 0.353. The zero-order valence-corrected chi connectivity index (χ0v) is 10.7. The van der Waals surface area contributed by atoms with E-state index in [9.17, 15) is 19.7 Å². The zero-order chi connectivity index (χ0) is 15.1. The van der Waals surface area contributed by atoms with Gasteiger partial charge in [0, 0.05) is 12.1 Å². The molecule has 0 saturated carbocycles. The van der Waals surface area contributed by atoms with Crippen molar-refractivity contribution in [1.82, 2.24) is 5.32 Å². The number of non-ortho nitro benzene ring substituents is 1. The second kappa shape index (κ2) is 7.19. The van der Waals surface area contributed by atoms with Gasteiger partial charge in [-0.1, -0.05) is 12.1 Å². The molecule has 0 radical (unpaired) electrons. The lowest BCUT2D eigenvalue weighted by Crippen LogP contribution is -2.41. The van der Waals surface area contributed by atoms with Gasteiger partial charge in [0.25, 0.3) is 5.69 Å². The van der Waals surface area contributed by atoms with Crippen LogP contribution in [0, 0.1) is 10.1 Å². The molecule has 0 bridgehead atoms. The van der Waals surface area contributed by atoms with Gasteiger partial charge < -0.3 is 9.84 Å². The summed E-state index contributed by atoms with van der Waals surface area (Å²) in [5, 5.41) is 22.1. The topological polar surface area (TPSA) is 119 Å². The second-order valence-corrected chi connectivity index (χ2v) is 3.98. The van der Waals surface area contributed by atoms with Crippen molar-refractivity contribution in [2.24, 2.45) is 0 Å².